The molecule has 0 aliphatic heterocycles. The minimum atomic E-state index is -0.382. The number of hydrogen-bond acceptors (Lipinski definition) is 3. The highest BCUT2D eigenvalue weighted by atomic mass is 16.1. The second-order valence-electron chi connectivity index (χ2n) is 2.17. The fourth-order valence-electron chi connectivity index (χ4n) is 0.716. The number of azide groups is 1. The Hall–Kier alpha value is -2.07. The van der Waals surface area contributed by atoms with Gasteiger partial charge in [-0.2, -0.15) is 0 Å². The number of aromatic amines is 1. The predicted octanol–water partition coefficient (Wildman–Crippen LogP) is 1.09. The highest BCUT2D eigenvalue weighted by Gasteiger charge is 1.85. The van der Waals surface area contributed by atoms with Gasteiger partial charge in [0.25, 0.3) is 0 Å². The van der Waals surface area contributed by atoms with Crippen LogP contribution in [0.3, 0.4) is 0 Å². The number of H-pyrrole nitrogens is 1. The van der Waals surface area contributed by atoms with Crippen LogP contribution in [-0.4, -0.2) is 16.5 Å². The molecule has 0 aliphatic carbocycles. The molecule has 0 spiro atoms. The summed E-state index contributed by atoms with van der Waals surface area (Å²) in [6.07, 6.45) is 6.35. The van der Waals surface area contributed by atoms with Gasteiger partial charge in [-0.15, -0.1) is 0 Å². The van der Waals surface area contributed by atoms with Crippen LogP contribution in [-0.2, 0) is 0 Å². The van der Waals surface area contributed by atoms with E-state index >= 15 is 0 Å². The van der Waals surface area contributed by atoms with Crippen LogP contribution in [0.25, 0.3) is 16.5 Å². The minimum absolute atomic E-state index is 0.287. The highest BCUT2D eigenvalue weighted by molar-refractivity contribution is 5.46. The fourth-order valence-corrected chi connectivity index (χ4v) is 0.716. The van der Waals surface area contributed by atoms with Gasteiger partial charge in [-0.3, -0.25) is 0 Å². The second-order valence-corrected chi connectivity index (χ2v) is 2.17. The third-order valence-corrected chi connectivity index (χ3v) is 1.25. The van der Waals surface area contributed by atoms with E-state index in [1.165, 1.54) is 12.4 Å². The second kappa shape index (κ2) is 4.74. The van der Waals surface area contributed by atoms with Crippen molar-refractivity contribution >= 4 is 6.08 Å². The van der Waals surface area contributed by atoms with E-state index in [0.29, 0.717) is 0 Å². The molecule has 0 aliphatic rings. The zero-order chi connectivity index (χ0) is 9.52. The summed E-state index contributed by atoms with van der Waals surface area (Å²) in [6.45, 7) is 0.287. The normalized spacial score (nSPS) is 9.85. The fraction of sp³-hybridized carbons (Fsp3) is 0.143. The molecule has 1 rings (SSSR count). The zero-order valence-electron chi connectivity index (χ0n) is 6.71. The Balaban J connectivity index is 2.63. The van der Waals surface area contributed by atoms with Gasteiger partial charge in [0, 0.05) is 29.4 Å². The number of hydrogen-bond donors (Lipinski definition) is 1. The van der Waals surface area contributed by atoms with Gasteiger partial charge in [-0.05, 0) is 5.53 Å². The summed E-state index contributed by atoms with van der Waals surface area (Å²) in [7, 11) is 0. The van der Waals surface area contributed by atoms with Crippen molar-refractivity contribution < 1.29 is 0 Å². The van der Waals surface area contributed by atoms with Crippen LogP contribution in [0.4, 0.5) is 0 Å². The molecule has 0 amide bonds. The van der Waals surface area contributed by atoms with E-state index in [2.05, 4.69) is 20.0 Å². The number of aromatic nitrogens is 2. The van der Waals surface area contributed by atoms with Crippen molar-refractivity contribution in [1.82, 2.24) is 9.97 Å². The van der Waals surface area contributed by atoms with Crippen molar-refractivity contribution in [1.29, 1.82) is 0 Å². The van der Waals surface area contributed by atoms with Gasteiger partial charge in [0.2, 0.25) is 0 Å². The SMILES string of the molecule is [N-]=[N+]=NCC=Cc1cnc(=O)[nH]c1. The predicted molar refractivity (Wildman–Crippen MR) is 47.9 cm³/mol. The first kappa shape index (κ1) is 9.02. The first-order valence-electron chi connectivity index (χ1n) is 3.55. The molecule has 0 radical (unpaired) electrons. The first-order valence-corrected chi connectivity index (χ1v) is 3.55. The molecule has 0 unspecified atom stereocenters. The third kappa shape index (κ3) is 3.22. The monoisotopic (exact) mass is 177 g/mol. The maximum atomic E-state index is 10.5. The van der Waals surface area contributed by atoms with Gasteiger partial charge in [0.05, 0.1) is 0 Å². The molecule has 1 aromatic heterocycles. The molecule has 0 saturated heterocycles. The molecular weight excluding hydrogens is 170 g/mol. The maximum absolute atomic E-state index is 10.5. The van der Waals surface area contributed by atoms with Crippen LogP contribution in [0.15, 0.2) is 28.4 Å². The quantitative estimate of drug-likeness (QED) is 0.425. The van der Waals surface area contributed by atoms with Crippen LogP contribution in [0.1, 0.15) is 5.56 Å². The lowest BCUT2D eigenvalue weighted by Gasteiger charge is -1.88. The van der Waals surface area contributed by atoms with Gasteiger partial charge >= 0.3 is 5.69 Å². The Morgan fingerprint density at radius 2 is 2.62 bits per heavy atom. The molecule has 1 N–H and O–H groups in total. The lowest BCUT2D eigenvalue weighted by molar-refractivity contribution is 1.07. The van der Waals surface area contributed by atoms with Crippen molar-refractivity contribution in [3.05, 3.63) is 45.0 Å². The number of rotatable bonds is 3. The molecule has 13 heavy (non-hydrogen) atoms. The number of nitrogens with zero attached hydrogens (tertiary/aromatic N) is 4. The highest BCUT2D eigenvalue weighted by Crippen LogP contribution is 1.94. The lowest BCUT2D eigenvalue weighted by Crippen LogP contribution is -2.07. The molecule has 6 heteroatoms. The molecule has 0 aromatic carbocycles. The van der Waals surface area contributed by atoms with Crippen molar-refractivity contribution in [2.45, 2.75) is 0 Å². The molecule has 0 fully saturated rings. The van der Waals surface area contributed by atoms with Crippen molar-refractivity contribution in [3.63, 3.8) is 0 Å². The van der Waals surface area contributed by atoms with Gasteiger partial charge in [0.1, 0.15) is 0 Å². The molecule has 66 valence electrons. The van der Waals surface area contributed by atoms with E-state index in [0.717, 1.165) is 5.56 Å². The molecule has 1 aromatic rings. The van der Waals surface area contributed by atoms with Crippen LogP contribution < -0.4 is 5.69 Å². The van der Waals surface area contributed by atoms with Crippen molar-refractivity contribution in [3.8, 4) is 0 Å². The largest absolute Gasteiger partial charge is 0.344 e. The maximum Gasteiger partial charge on any atom is 0.344 e. The van der Waals surface area contributed by atoms with E-state index < -0.39 is 0 Å². The summed E-state index contributed by atoms with van der Waals surface area (Å²) in [6, 6.07) is 0. The smallest absolute Gasteiger partial charge is 0.312 e. The van der Waals surface area contributed by atoms with E-state index in [-0.39, 0.29) is 12.2 Å². The Labute approximate surface area is 73.6 Å². The summed E-state index contributed by atoms with van der Waals surface area (Å²) in [4.78, 5) is 19.1. The summed E-state index contributed by atoms with van der Waals surface area (Å²) in [5.41, 5.74) is 8.34. The van der Waals surface area contributed by atoms with Crippen molar-refractivity contribution in [2.75, 3.05) is 6.54 Å². The van der Waals surface area contributed by atoms with Crippen molar-refractivity contribution in [2.24, 2.45) is 5.11 Å². The van der Waals surface area contributed by atoms with Gasteiger partial charge in [-0.25, -0.2) is 9.78 Å². The van der Waals surface area contributed by atoms with Gasteiger partial charge < -0.3 is 4.98 Å². The average Bonchev–Trinajstić information content (AvgIpc) is 2.15. The Morgan fingerprint density at radius 3 is 3.23 bits per heavy atom. The van der Waals surface area contributed by atoms with Crippen LogP contribution in [0.5, 0.6) is 0 Å². The van der Waals surface area contributed by atoms with E-state index in [4.69, 9.17) is 5.53 Å². The summed E-state index contributed by atoms with van der Waals surface area (Å²) < 4.78 is 0. The Morgan fingerprint density at radius 1 is 1.77 bits per heavy atom. The summed E-state index contributed by atoms with van der Waals surface area (Å²) >= 11 is 0. The van der Waals surface area contributed by atoms with Gasteiger partial charge in [0.15, 0.2) is 0 Å². The lowest BCUT2D eigenvalue weighted by atomic mass is 10.3. The number of nitrogens with one attached hydrogen (secondary N) is 1. The summed E-state index contributed by atoms with van der Waals surface area (Å²) in [5.74, 6) is 0. The van der Waals surface area contributed by atoms with E-state index in [1.54, 1.807) is 12.2 Å². The molecule has 0 atom stereocenters. The zero-order valence-corrected chi connectivity index (χ0v) is 6.71. The van der Waals surface area contributed by atoms with Crippen LogP contribution in [0.2, 0.25) is 0 Å². The van der Waals surface area contributed by atoms with Crippen LogP contribution >= 0.6 is 0 Å². The standard InChI is InChI=1S/C7H7N5O/c8-12-11-3-1-2-6-4-9-7(13)10-5-6/h1-2,4-5H,3H2,(H,9,10,13). The average molecular weight is 177 g/mol. The molecular formula is C7H7N5O. The Bertz CT molecular complexity index is 381. The third-order valence-electron chi connectivity index (χ3n) is 1.25. The van der Waals surface area contributed by atoms with Crippen LogP contribution in [0, 0.1) is 0 Å². The van der Waals surface area contributed by atoms with E-state index in [9.17, 15) is 4.79 Å². The topological polar surface area (TPSA) is 94.5 Å². The van der Waals surface area contributed by atoms with Gasteiger partial charge in [-0.1, -0.05) is 17.3 Å². The minimum Gasteiger partial charge on any atom is -0.312 e. The summed E-state index contributed by atoms with van der Waals surface area (Å²) in [5, 5.41) is 3.31. The first-order chi connectivity index (χ1) is 6.33. The molecule has 0 bridgehead atoms. The Kier molecular flexibility index (Phi) is 3.29. The molecule has 1 heterocycles. The molecule has 6 nitrogen and oxygen atoms in total. The molecule has 0 saturated carbocycles. The van der Waals surface area contributed by atoms with E-state index in [1.807, 2.05) is 0 Å².